The summed E-state index contributed by atoms with van der Waals surface area (Å²) in [6.07, 6.45) is 0. The molecule has 0 bridgehead atoms. The fourth-order valence-corrected chi connectivity index (χ4v) is 2.75. The van der Waals surface area contributed by atoms with E-state index in [4.69, 9.17) is 5.73 Å². The van der Waals surface area contributed by atoms with Crippen molar-refractivity contribution in [2.24, 2.45) is 5.73 Å². The molecule has 0 saturated carbocycles. The van der Waals surface area contributed by atoms with Gasteiger partial charge in [-0.15, -0.1) is 47.5 Å². The second-order valence-electron chi connectivity index (χ2n) is 3.85. The van der Waals surface area contributed by atoms with E-state index < -0.39 is 0 Å². The number of hydrogen-bond acceptors (Lipinski definition) is 6. The summed E-state index contributed by atoms with van der Waals surface area (Å²) in [5.74, 6) is -0.100. The van der Waals surface area contributed by atoms with E-state index >= 15 is 0 Å². The van der Waals surface area contributed by atoms with Gasteiger partial charge >= 0.3 is 0 Å². The summed E-state index contributed by atoms with van der Waals surface area (Å²) in [5.41, 5.74) is 6.84. The van der Waals surface area contributed by atoms with E-state index in [0.717, 1.165) is 15.7 Å². The molecule has 0 unspecified atom stereocenters. The SMILES string of the molecule is Cc1nc(CN(C)C(=O)c2csc(CN)n2)cs1.Cl.Cl. The molecule has 2 N–H and O–H groups in total. The van der Waals surface area contributed by atoms with Crippen LogP contribution in [-0.2, 0) is 13.1 Å². The predicted molar refractivity (Wildman–Crippen MR) is 87.1 cm³/mol. The Morgan fingerprint density at radius 1 is 1.30 bits per heavy atom. The lowest BCUT2D eigenvalue weighted by Gasteiger charge is -2.14. The third-order valence-electron chi connectivity index (χ3n) is 2.36. The Balaban J connectivity index is 0.00000180. The normalized spacial score (nSPS) is 9.55. The van der Waals surface area contributed by atoms with Gasteiger partial charge in [0, 0.05) is 24.4 Å². The van der Waals surface area contributed by atoms with Crippen LogP contribution >= 0.6 is 47.5 Å². The molecule has 2 aromatic rings. The second-order valence-corrected chi connectivity index (χ2v) is 5.85. The number of nitrogens with two attached hydrogens (primary N) is 1. The summed E-state index contributed by atoms with van der Waals surface area (Å²) in [5, 5.41) is 5.49. The van der Waals surface area contributed by atoms with Crippen molar-refractivity contribution < 1.29 is 4.79 Å². The van der Waals surface area contributed by atoms with Crippen LogP contribution < -0.4 is 5.73 Å². The minimum atomic E-state index is -0.100. The number of aromatic nitrogens is 2. The molecule has 0 aliphatic rings. The fraction of sp³-hybridized carbons (Fsp3) is 0.364. The number of nitrogens with zero attached hydrogens (tertiary/aromatic N) is 3. The molecule has 0 spiro atoms. The lowest BCUT2D eigenvalue weighted by atomic mass is 10.3. The van der Waals surface area contributed by atoms with Crippen LogP contribution in [0, 0.1) is 6.92 Å². The zero-order valence-corrected chi connectivity index (χ0v) is 14.3. The largest absolute Gasteiger partial charge is 0.334 e. The maximum absolute atomic E-state index is 12.1. The van der Waals surface area contributed by atoms with Crippen LogP contribution in [0.15, 0.2) is 10.8 Å². The van der Waals surface area contributed by atoms with Gasteiger partial charge in [-0.05, 0) is 6.92 Å². The maximum atomic E-state index is 12.1. The van der Waals surface area contributed by atoms with E-state index in [9.17, 15) is 4.79 Å². The van der Waals surface area contributed by atoms with Crippen molar-refractivity contribution in [1.82, 2.24) is 14.9 Å². The van der Waals surface area contributed by atoms with Gasteiger partial charge < -0.3 is 10.6 Å². The molecule has 20 heavy (non-hydrogen) atoms. The first-order chi connectivity index (χ1) is 8.60. The molecule has 2 aromatic heterocycles. The third kappa shape index (κ3) is 4.68. The topological polar surface area (TPSA) is 72.1 Å². The summed E-state index contributed by atoms with van der Waals surface area (Å²) >= 11 is 2.99. The average Bonchev–Trinajstić information content (AvgIpc) is 2.97. The van der Waals surface area contributed by atoms with E-state index in [-0.39, 0.29) is 30.7 Å². The Hall–Kier alpha value is -0.730. The molecular formula is C11H16Cl2N4OS2. The Labute approximate surface area is 138 Å². The van der Waals surface area contributed by atoms with Gasteiger partial charge in [-0.25, -0.2) is 9.97 Å². The number of thiazole rings is 2. The Morgan fingerprint density at radius 3 is 2.50 bits per heavy atom. The van der Waals surface area contributed by atoms with Crippen molar-refractivity contribution in [3.63, 3.8) is 0 Å². The quantitative estimate of drug-likeness (QED) is 0.915. The van der Waals surface area contributed by atoms with Crippen molar-refractivity contribution in [1.29, 1.82) is 0 Å². The number of carbonyl (C=O) groups is 1. The summed E-state index contributed by atoms with van der Waals surface area (Å²) in [6.45, 7) is 2.82. The average molecular weight is 355 g/mol. The number of rotatable bonds is 4. The van der Waals surface area contributed by atoms with E-state index in [1.165, 1.54) is 11.3 Å². The molecular weight excluding hydrogens is 339 g/mol. The number of amides is 1. The second kappa shape index (κ2) is 8.53. The number of hydrogen-bond donors (Lipinski definition) is 1. The highest BCUT2D eigenvalue weighted by Crippen LogP contribution is 2.14. The maximum Gasteiger partial charge on any atom is 0.273 e. The van der Waals surface area contributed by atoms with Gasteiger partial charge in [0.1, 0.15) is 10.7 Å². The monoisotopic (exact) mass is 354 g/mol. The van der Waals surface area contributed by atoms with Gasteiger partial charge in [-0.3, -0.25) is 4.79 Å². The van der Waals surface area contributed by atoms with Crippen LogP contribution in [0.5, 0.6) is 0 Å². The Morgan fingerprint density at radius 2 is 2.00 bits per heavy atom. The van der Waals surface area contributed by atoms with Crippen LogP contribution in [0.1, 0.15) is 26.2 Å². The molecule has 112 valence electrons. The summed E-state index contributed by atoms with van der Waals surface area (Å²) in [6, 6.07) is 0. The van der Waals surface area contributed by atoms with Crippen molar-refractivity contribution in [2.75, 3.05) is 7.05 Å². The third-order valence-corrected chi connectivity index (χ3v) is 4.05. The van der Waals surface area contributed by atoms with Gasteiger partial charge in [-0.2, -0.15) is 0 Å². The van der Waals surface area contributed by atoms with Gasteiger partial charge in [0.25, 0.3) is 5.91 Å². The molecule has 0 fully saturated rings. The van der Waals surface area contributed by atoms with Crippen molar-refractivity contribution >= 4 is 53.4 Å². The molecule has 0 aliphatic heterocycles. The molecule has 0 aromatic carbocycles. The molecule has 5 nitrogen and oxygen atoms in total. The highest BCUT2D eigenvalue weighted by atomic mass is 35.5. The molecule has 0 atom stereocenters. The number of carbonyl (C=O) groups excluding carboxylic acids is 1. The smallest absolute Gasteiger partial charge is 0.273 e. The molecule has 0 aliphatic carbocycles. The van der Waals surface area contributed by atoms with Crippen molar-refractivity contribution in [2.45, 2.75) is 20.0 Å². The zero-order chi connectivity index (χ0) is 13.1. The van der Waals surface area contributed by atoms with Crippen LogP contribution in [0.25, 0.3) is 0 Å². The van der Waals surface area contributed by atoms with E-state index in [1.54, 1.807) is 28.7 Å². The first-order valence-electron chi connectivity index (χ1n) is 5.41. The highest BCUT2D eigenvalue weighted by molar-refractivity contribution is 7.10. The van der Waals surface area contributed by atoms with Crippen LogP contribution in [0.2, 0.25) is 0 Å². The minimum absolute atomic E-state index is 0. The standard InChI is InChI=1S/C11H14N4OS2.2ClH/c1-7-13-8(5-17-7)4-15(2)11(16)9-6-18-10(3-12)14-9;;/h5-6H,3-4,12H2,1-2H3;2*1H. The summed E-state index contributed by atoms with van der Waals surface area (Å²) in [4.78, 5) is 22.2. The van der Waals surface area contributed by atoms with E-state index in [0.29, 0.717) is 18.8 Å². The van der Waals surface area contributed by atoms with Crippen molar-refractivity contribution in [3.05, 3.63) is 32.2 Å². The van der Waals surface area contributed by atoms with E-state index in [1.807, 2.05) is 12.3 Å². The molecule has 9 heteroatoms. The Kier molecular flexibility index (Phi) is 8.22. The molecule has 0 saturated heterocycles. The highest BCUT2D eigenvalue weighted by Gasteiger charge is 2.16. The zero-order valence-electron chi connectivity index (χ0n) is 11.0. The Bertz CT molecular complexity index is 558. The summed E-state index contributed by atoms with van der Waals surface area (Å²) < 4.78 is 0. The van der Waals surface area contributed by atoms with Crippen LogP contribution in [0.3, 0.4) is 0 Å². The van der Waals surface area contributed by atoms with Crippen LogP contribution in [0.4, 0.5) is 0 Å². The van der Waals surface area contributed by atoms with Gasteiger partial charge in [0.15, 0.2) is 0 Å². The van der Waals surface area contributed by atoms with Gasteiger partial charge in [0.05, 0.1) is 17.2 Å². The van der Waals surface area contributed by atoms with Crippen LogP contribution in [-0.4, -0.2) is 27.8 Å². The lowest BCUT2D eigenvalue weighted by Crippen LogP contribution is -2.26. The summed E-state index contributed by atoms with van der Waals surface area (Å²) in [7, 11) is 1.75. The molecule has 1 amide bonds. The minimum Gasteiger partial charge on any atom is -0.334 e. The molecule has 2 rings (SSSR count). The predicted octanol–water partition coefficient (Wildman–Crippen LogP) is 2.48. The first kappa shape index (κ1) is 19.3. The number of aryl methyl sites for hydroxylation is 1. The molecule has 0 radical (unpaired) electrons. The first-order valence-corrected chi connectivity index (χ1v) is 7.17. The number of halogens is 2. The molecule has 2 heterocycles. The van der Waals surface area contributed by atoms with Crippen molar-refractivity contribution in [3.8, 4) is 0 Å². The fourth-order valence-electron chi connectivity index (χ4n) is 1.49. The van der Waals surface area contributed by atoms with Gasteiger partial charge in [0.2, 0.25) is 0 Å². The van der Waals surface area contributed by atoms with Gasteiger partial charge in [-0.1, -0.05) is 0 Å². The lowest BCUT2D eigenvalue weighted by molar-refractivity contribution is 0.0778. The van der Waals surface area contributed by atoms with E-state index in [2.05, 4.69) is 9.97 Å².